The van der Waals surface area contributed by atoms with Crippen molar-refractivity contribution in [1.29, 1.82) is 0 Å². The Kier molecular flexibility index (Phi) is 4.82. The molecule has 0 fully saturated rings. The highest BCUT2D eigenvalue weighted by Crippen LogP contribution is 2.40. The topological polar surface area (TPSA) is 35.2 Å². The van der Waals surface area contributed by atoms with Crippen LogP contribution >= 0.6 is 15.9 Å². The molecule has 0 atom stereocenters. The summed E-state index contributed by atoms with van der Waals surface area (Å²) >= 11 is 3.07. The van der Waals surface area contributed by atoms with Crippen molar-refractivity contribution in [3.63, 3.8) is 0 Å². The van der Waals surface area contributed by atoms with Crippen LogP contribution in [0.1, 0.15) is 17.5 Å². The molecule has 17 heavy (non-hydrogen) atoms. The second kappa shape index (κ2) is 5.73. The van der Waals surface area contributed by atoms with Gasteiger partial charge in [0, 0.05) is 4.47 Å². The van der Waals surface area contributed by atoms with E-state index in [9.17, 15) is 13.2 Å². The van der Waals surface area contributed by atoms with E-state index in [2.05, 4.69) is 15.9 Å². The molecule has 0 heterocycles. The quantitative estimate of drug-likeness (QED) is 0.925. The van der Waals surface area contributed by atoms with Crippen LogP contribution in [0.2, 0.25) is 0 Å². The molecule has 96 valence electrons. The lowest BCUT2D eigenvalue weighted by Crippen LogP contribution is -2.10. The molecule has 0 spiro atoms. The molecular weight excluding hydrogens is 299 g/mol. The number of rotatable bonds is 4. The van der Waals surface area contributed by atoms with Crippen LogP contribution in [0.3, 0.4) is 0 Å². The van der Waals surface area contributed by atoms with Crippen molar-refractivity contribution in [2.45, 2.75) is 19.0 Å². The Labute approximate surface area is 106 Å². The number of ether oxygens (including phenoxy) is 1. The standard InChI is InChI=1S/C11H13BrF3NO/c1-17-10-7(3-2-4-16)5-8(12)6-9(10)11(13,14)15/h5-6H,2-4,16H2,1H3. The second-order valence-electron chi connectivity index (χ2n) is 3.54. The van der Waals surface area contributed by atoms with Gasteiger partial charge < -0.3 is 10.5 Å². The van der Waals surface area contributed by atoms with Crippen LogP contribution < -0.4 is 10.5 Å². The molecule has 0 aliphatic heterocycles. The van der Waals surface area contributed by atoms with Gasteiger partial charge in [-0.25, -0.2) is 0 Å². The largest absolute Gasteiger partial charge is 0.496 e. The van der Waals surface area contributed by atoms with E-state index in [1.165, 1.54) is 7.11 Å². The predicted octanol–water partition coefficient (Wildman–Crippen LogP) is 3.37. The van der Waals surface area contributed by atoms with Gasteiger partial charge in [0.2, 0.25) is 0 Å². The van der Waals surface area contributed by atoms with Crippen LogP contribution in [0, 0.1) is 0 Å². The summed E-state index contributed by atoms with van der Waals surface area (Å²) in [6.07, 6.45) is -3.35. The minimum atomic E-state index is -4.42. The molecule has 1 aromatic carbocycles. The second-order valence-corrected chi connectivity index (χ2v) is 4.45. The van der Waals surface area contributed by atoms with Crippen molar-refractivity contribution in [3.05, 3.63) is 27.7 Å². The number of methoxy groups -OCH3 is 1. The van der Waals surface area contributed by atoms with E-state index in [1.54, 1.807) is 6.07 Å². The Bertz CT molecular complexity index is 393. The first kappa shape index (κ1) is 14.3. The molecule has 0 aliphatic rings. The van der Waals surface area contributed by atoms with Crippen molar-refractivity contribution < 1.29 is 17.9 Å². The third-order valence-electron chi connectivity index (χ3n) is 2.29. The Balaban J connectivity index is 3.25. The van der Waals surface area contributed by atoms with Gasteiger partial charge in [-0.2, -0.15) is 13.2 Å². The van der Waals surface area contributed by atoms with Crippen molar-refractivity contribution in [2.24, 2.45) is 5.73 Å². The third kappa shape index (κ3) is 3.61. The minimum Gasteiger partial charge on any atom is -0.496 e. The van der Waals surface area contributed by atoms with Gasteiger partial charge in [-0.15, -0.1) is 0 Å². The third-order valence-corrected chi connectivity index (χ3v) is 2.75. The highest BCUT2D eigenvalue weighted by molar-refractivity contribution is 9.10. The summed E-state index contributed by atoms with van der Waals surface area (Å²) in [7, 11) is 1.24. The first-order valence-corrected chi connectivity index (χ1v) is 5.83. The van der Waals surface area contributed by atoms with Gasteiger partial charge >= 0.3 is 6.18 Å². The Hall–Kier alpha value is -0.750. The lowest BCUT2D eigenvalue weighted by atomic mass is 10.0. The maximum Gasteiger partial charge on any atom is 0.420 e. The van der Waals surface area contributed by atoms with Crippen molar-refractivity contribution in [3.8, 4) is 5.75 Å². The molecule has 0 unspecified atom stereocenters. The van der Waals surface area contributed by atoms with Crippen molar-refractivity contribution >= 4 is 15.9 Å². The number of nitrogens with two attached hydrogens (primary N) is 1. The Morgan fingerprint density at radius 1 is 1.35 bits per heavy atom. The number of benzene rings is 1. The average Bonchev–Trinajstić information content (AvgIpc) is 2.24. The lowest BCUT2D eigenvalue weighted by molar-refractivity contribution is -0.138. The zero-order valence-electron chi connectivity index (χ0n) is 9.27. The molecule has 1 rings (SSSR count). The summed E-state index contributed by atoms with van der Waals surface area (Å²) in [5, 5.41) is 0. The summed E-state index contributed by atoms with van der Waals surface area (Å²) < 4.78 is 43.6. The number of alkyl halides is 3. The number of hydrogen-bond donors (Lipinski definition) is 1. The fourth-order valence-electron chi connectivity index (χ4n) is 1.58. The predicted molar refractivity (Wildman–Crippen MR) is 63.1 cm³/mol. The van der Waals surface area contributed by atoms with Crippen LogP contribution in [-0.4, -0.2) is 13.7 Å². The summed E-state index contributed by atoms with van der Waals surface area (Å²) in [6.45, 7) is 0.428. The van der Waals surface area contributed by atoms with E-state index in [1.807, 2.05) is 0 Å². The van der Waals surface area contributed by atoms with Gasteiger partial charge in [0.25, 0.3) is 0 Å². The van der Waals surface area contributed by atoms with E-state index in [0.29, 0.717) is 29.4 Å². The lowest BCUT2D eigenvalue weighted by Gasteiger charge is -2.16. The molecule has 0 aliphatic carbocycles. The van der Waals surface area contributed by atoms with Crippen LogP contribution in [0.25, 0.3) is 0 Å². The van der Waals surface area contributed by atoms with Crippen LogP contribution in [-0.2, 0) is 12.6 Å². The van der Waals surface area contributed by atoms with E-state index >= 15 is 0 Å². The first-order chi connectivity index (χ1) is 7.90. The Morgan fingerprint density at radius 3 is 2.47 bits per heavy atom. The molecule has 0 bridgehead atoms. The molecule has 0 radical (unpaired) electrons. The smallest absolute Gasteiger partial charge is 0.420 e. The molecule has 2 nitrogen and oxygen atoms in total. The molecule has 6 heteroatoms. The fraction of sp³-hybridized carbons (Fsp3) is 0.455. The van der Waals surface area contributed by atoms with Gasteiger partial charge in [0.05, 0.1) is 12.7 Å². The fourth-order valence-corrected chi connectivity index (χ4v) is 2.09. The van der Waals surface area contributed by atoms with Gasteiger partial charge in [0.1, 0.15) is 5.75 Å². The first-order valence-electron chi connectivity index (χ1n) is 5.03. The SMILES string of the molecule is COc1c(CCCN)cc(Br)cc1C(F)(F)F. The zero-order valence-corrected chi connectivity index (χ0v) is 10.9. The Morgan fingerprint density at radius 2 is 2.00 bits per heavy atom. The molecule has 0 saturated carbocycles. The van der Waals surface area contributed by atoms with Crippen LogP contribution in [0.5, 0.6) is 5.75 Å². The van der Waals surface area contributed by atoms with E-state index in [-0.39, 0.29) is 5.75 Å². The highest BCUT2D eigenvalue weighted by Gasteiger charge is 2.35. The summed E-state index contributed by atoms with van der Waals surface area (Å²) in [5.41, 5.74) is 5.11. The maximum atomic E-state index is 12.8. The minimum absolute atomic E-state index is 0.117. The maximum absolute atomic E-state index is 12.8. The van der Waals surface area contributed by atoms with Crippen molar-refractivity contribution in [2.75, 3.05) is 13.7 Å². The summed E-state index contributed by atoms with van der Waals surface area (Å²) in [5.74, 6) is -0.117. The van der Waals surface area contributed by atoms with Crippen LogP contribution in [0.15, 0.2) is 16.6 Å². The highest BCUT2D eigenvalue weighted by atomic mass is 79.9. The van der Waals surface area contributed by atoms with Crippen molar-refractivity contribution in [1.82, 2.24) is 0 Å². The summed E-state index contributed by atoms with van der Waals surface area (Å²) in [6, 6.07) is 2.65. The molecule has 0 amide bonds. The van der Waals surface area contributed by atoms with Gasteiger partial charge in [-0.05, 0) is 37.1 Å². The average molecular weight is 312 g/mol. The normalized spacial score (nSPS) is 11.6. The van der Waals surface area contributed by atoms with Gasteiger partial charge in [-0.3, -0.25) is 0 Å². The molecule has 0 saturated heterocycles. The van der Waals surface area contributed by atoms with E-state index in [4.69, 9.17) is 10.5 Å². The van der Waals surface area contributed by atoms with E-state index in [0.717, 1.165) is 6.07 Å². The van der Waals surface area contributed by atoms with Crippen LogP contribution in [0.4, 0.5) is 13.2 Å². The van der Waals surface area contributed by atoms with Gasteiger partial charge in [-0.1, -0.05) is 15.9 Å². The molecule has 0 aromatic heterocycles. The van der Waals surface area contributed by atoms with E-state index < -0.39 is 11.7 Å². The molecule has 1 aromatic rings. The monoisotopic (exact) mass is 311 g/mol. The molecule has 2 N–H and O–H groups in total. The van der Waals surface area contributed by atoms with Gasteiger partial charge in [0.15, 0.2) is 0 Å². The zero-order chi connectivity index (χ0) is 13.1. The molecular formula is C11H13BrF3NO. The number of hydrogen-bond acceptors (Lipinski definition) is 2. The number of halogens is 4. The summed E-state index contributed by atoms with van der Waals surface area (Å²) in [4.78, 5) is 0. The number of aryl methyl sites for hydroxylation is 1.